The van der Waals surface area contributed by atoms with Gasteiger partial charge in [0.2, 0.25) is 0 Å². The predicted octanol–water partition coefficient (Wildman–Crippen LogP) is 2.78. The Bertz CT molecular complexity index is 852. The van der Waals surface area contributed by atoms with E-state index in [0.29, 0.717) is 15.9 Å². The van der Waals surface area contributed by atoms with Crippen molar-refractivity contribution in [1.82, 2.24) is 19.3 Å². The fraction of sp³-hybridized carbons (Fsp3) is 0.267. The number of fused-ring (bicyclic) bond motifs is 1. The number of hydrogen-bond acceptors (Lipinski definition) is 3. The summed E-state index contributed by atoms with van der Waals surface area (Å²) < 4.78 is 3.43. The lowest BCUT2D eigenvalue weighted by Gasteiger charge is -2.18. The van der Waals surface area contributed by atoms with Gasteiger partial charge < -0.3 is 0 Å². The van der Waals surface area contributed by atoms with Crippen LogP contribution in [0.15, 0.2) is 41.6 Å². The second kappa shape index (κ2) is 5.33. The summed E-state index contributed by atoms with van der Waals surface area (Å²) in [5.74, 6) is 0. The van der Waals surface area contributed by atoms with E-state index in [0.717, 1.165) is 12.1 Å². The maximum absolute atomic E-state index is 12.7. The van der Waals surface area contributed by atoms with Crippen LogP contribution in [0.25, 0.3) is 10.9 Å². The van der Waals surface area contributed by atoms with E-state index in [1.165, 1.54) is 0 Å². The van der Waals surface area contributed by atoms with Crippen LogP contribution in [0.4, 0.5) is 0 Å². The highest BCUT2D eigenvalue weighted by Gasteiger charge is 2.17. The summed E-state index contributed by atoms with van der Waals surface area (Å²) in [5, 5.41) is 5.24. The number of rotatable bonds is 3. The van der Waals surface area contributed by atoms with Gasteiger partial charge in [-0.05, 0) is 30.7 Å². The molecule has 1 atom stereocenters. The molecule has 0 aliphatic carbocycles. The number of nitrogens with zero attached hydrogens (tertiary/aromatic N) is 4. The van der Waals surface area contributed by atoms with Crippen LogP contribution in [0.1, 0.15) is 25.1 Å². The summed E-state index contributed by atoms with van der Waals surface area (Å²) in [6, 6.07) is 6.98. The summed E-state index contributed by atoms with van der Waals surface area (Å²) in [5.41, 5.74) is 1.54. The number of benzene rings is 1. The summed E-state index contributed by atoms with van der Waals surface area (Å²) in [7, 11) is 1.87. The van der Waals surface area contributed by atoms with Crippen molar-refractivity contribution in [1.29, 1.82) is 0 Å². The van der Waals surface area contributed by atoms with Crippen molar-refractivity contribution in [2.45, 2.75) is 19.4 Å². The maximum Gasteiger partial charge on any atom is 0.261 e. The maximum atomic E-state index is 12.7. The third kappa shape index (κ3) is 2.34. The summed E-state index contributed by atoms with van der Waals surface area (Å²) in [6.07, 6.45) is 4.10. The predicted molar refractivity (Wildman–Crippen MR) is 82.7 cm³/mol. The Morgan fingerprint density at radius 3 is 2.81 bits per heavy atom. The Morgan fingerprint density at radius 2 is 2.14 bits per heavy atom. The van der Waals surface area contributed by atoms with Gasteiger partial charge in [0, 0.05) is 18.3 Å². The highest BCUT2D eigenvalue weighted by Crippen LogP contribution is 2.21. The topological polar surface area (TPSA) is 52.7 Å². The van der Waals surface area contributed by atoms with E-state index in [4.69, 9.17) is 11.6 Å². The van der Waals surface area contributed by atoms with E-state index in [9.17, 15) is 4.79 Å². The molecule has 0 aliphatic rings. The summed E-state index contributed by atoms with van der Waals surface area (Å²) >= 11 is 5.99. The van der Waals surface area contributed by atoms with Crippen molar-refractivity contribution in [3.8, 4) is 0 Å². The highest BCUT2D eigenvalue weighted by atomic mass is 35.5. The minimum absolute atomic E-state index is 0.0875. The molecule has 0 bridgehead atoms. The van der Waals surface area contributed by atoms with E-state index in [1.807, 2.05) is 20.0 Å². The molecule has 0 fully saturated rings. The van der Waals surface area contributed by atoms with Crippen LogP contribution < -0.4 is 5.56 Å². The van der Waals surface area contributed by atoms with Gasteiger partial charge in [0.1, 0.15) is 0 Å². The highest BCUT2D eigenvalue weighted by molar-refractivity contribution is 6.31. The molecular formula is C15H15ClN4O. The van der Waals surface area contributed by atoms with Crippen LogP contribution in [-0.2, 0) is 7.05 Å². The lowest BCUT2D eigenvalue weighted by Crippen LogP contribution is -2.27. The standard InChI is InChI=1S/C15H15ClN4O/c1-3-13(14-6-7-18-19(14)2)20-9-17-12-5-4-10(16)8-11(12)15(20)21/h4-9,13H,3H2,1-2H3. The van der Waals surface area contributed by atoms with Crippen LogP contribution in [0, 0.1) is 0 Å². The van der Waals surface area contributed by atoms with Gasteiger partial charge in [0.25, 0.3) is 5.56 Å². The SMILES string of the molecule is CCC(c1ccnn1C)n1cnc2ccc(Cl)cc2c1=O. The van der Waals surface area contributed by atoms with Gasteiger partial charge in [-0.3, -0.25) is 14.0 Å². The first-order valence-electron chi connectivity index (χ1n) is 6.76. The Morgan fingerprint density at radius 1 is 1.33 bits per heavy atom. The lowest BCUT2D eigenvalue weighted by atomic mass is 10.1. The molecular weight excluding hydrogens is 288 g/mol. The van der Waals surface area contributed by atoms with E-state index < -0.39 is 0 Å². The van der Waals surface area contributed by atoms with E-state index in [-0.39, 0.29) is 11.6 Å². The second-order valence-corrected chi connectivity index (χ2v) is 5.36. The summed E-state index contributed by atoms with van der Waals surface area (Å²) in [4.78, 5) is 17.1. The van der Waals surface area contributed by atoms with Crippen molar-refractivity contribution >= 4 is 22.5 Å². The van der Waals surface area contributed by atoms with Crippen LogP contribution in [-0.4, -0.2) is 19.3 Å². The van der Waals surface area contributed by atoms with E-state index >= 15 is 0 Å². The number of hydrogen-bond donors (Lipinski definition) is 0. The Labute approximate surface area is 126 Å². The fourth-order valence-electron chi connectivity index (χ4n) is 2.59. The molecule has 0 radical (unpaired) electrons. The molecule has 108 valence electrons. The van der Waals surface area contributed by atoms with Crippen molar-refractivity contribution in [3.63, 3.8) is 0 Å². The van der Waals surface area contributed by atoms with Gasteiger partial charge in [-0.15, -0.1) is 0 Å². The Kier molecular flexibility index (Phi) is 3.51. The molecule has 1 aromatic carbocycles. The minimum Gasteiger partial charge on any atom is -0.290 e. The average molecular weight is 303 g/mol. The molecule has 21 heavy (non-hydrogen) atoms. The fourth-order valence-corrected chi connectivity index (χ4v) is 2.76. The molecule has 0 N–H and O–H groups in total. The van der Waals surface area contributed by atoms with Crippen LogP contribution in [0.5, 0.6) is 0 Å². The largest absolute Gasteiger partial charge is 0.290 e. The minimum atomic E-state index is -0.0964. The normalized spacial score (nSPS) is 12.7. The number of aryl methyl sites for hydroxylation is 1. The molecule has 0 amide bonds. The molecule has 1 unspecified atom stereocenters. The van der Waals surface area contributed by atoms with Crippen molar-refractivity contribution < 1.29 is 0 Å². The third-order valence-electron chi connectivity index (χ3n) is 3.67. The van der Waals surface area contributed by atoms with Crippen LogP contribution in [0.2, 0.25) is 5.02 Å². The molecule has 0 saturated carbocycles. The zero-order valence-corrected chi connectivity index (χ0v) is 12.6. The van der Waals surface area contributed by atoms with Gasteiger partial charge in [-0.1, -0.05) is 18.5 Å². The van der Waals surface area contributed by atoms with E-state index in [1.54, 1.807) is 40.0 Å². The first-order valence-corrected chi connectivity index (χ1v) is 7.14. The van der Waals surface area contributed by atoms with Crippen LogP contribution in [0.3, 0.4) is 0 Å². The smallest absolute Gasteiger partial charge is 0.261 e. The molecule has 3 rings (SSSR count). The second-order valence-electron chi connectivity index (χ2n) is 4.92. The average Bonchev–Trinajstić information content (AvgIpc) is 2.89. The first-order chi connectivity index (χ1) is 10.1. The van der Waals surface area contributed by atoms with Gasteiger partial charge in [-0.2, -0.15) is 5.10 Å². The van der Waals surface area contributed by atoms with Crippen molar-refractivity contribution in [2.24, 2.45) is 7.05 Å². The third-order valence-corrected chi connectivity index (χ3v) is 3.90. The number of aromatic nitrogens is 4. The van der Waals surface area contributed by atoms with E-state index in [2.05, 4.69) is 10.1 Å². The molecule has 5 nitrogen and oxygen atoms in total. The molecule has 2 aromatic heterocycles. The van der Waals surface area contributed by atoms with Gasteiger partial charge in [-0.25, -0.2) is 4.98 Å². The quantitative estimate of drug-likeness (QED) is 0.747. The zero-order chi connectivity index (χ0) is 15.0. The van der Waals surface area contributed by atoms with Gasteiger partial charge in [0.05, 0.1) is 29.0 Å². The first kappa shape index (κ1) is 13.8. The monoisotopic (exact) mass is 302 g/mol. The molecule has 0 aliphatic heterocycles. The van der Waals surface area contributed by atoms with Gasteiger partial charge in [0.15, 0.2) is 0 Å². The van der Waals surface area contributed by atoms with Crippen molar-refractivity contribution in [3.05, 3.63) is 57.9 Å². The van der Waals surface area contributed by atoms with Gasteiger partial charge >= 0.3 is 0 Å². The lowest BCUT2D eigenvalue weighted by molar-refractivity contribution is 0.502. The number of halogens is 1. The zero-order valence-electron chi connectivity index (χ0n) is 11.8. The molecule has 0 spiro atoms. The molecule has 2 heterocycles. The molecule has 3 aromatic rings. The van der Waals surface area contributed by atoms with Crippen molar-refractivity contribution in [2.75, 3.05) is 0 Å². The molecule has 6 heteroatoms. The Balaban J connectivity index is 2.22. The summed E-state index contributed by atoms with van der Waals surface area (Å²) in [6.45, 7) is 2.03. The molecule has 0 saturated heterocycles. The van der Waals surface area contributed by atoms with Crippen LogP contribution >= 0.6 is 11.6 Å². The Hall–Kier alpha value is -2.14.